The number of hydrogen-bond donors (Lipinski definition) is 1. The second-order valence-electron chi connectivity index (χ2n) is 8.58. The Bertz CT molecular complexity index is 895. The first kappa shape index (κ1) is 20.8. The summed E-state index contributed by atoms with van der Waals surface area (Å²) in [5, 5.41) is 11.9. The van der Waals surface area contributed by atoms with E-state index in [0.29, 0.717) is 17.8 Å². The van der Waals surface area contributed by atoms with Gasteiger partial charge in [-0.15, -0.1) is 0 Å². The first-order valence-electron chi connectivity index (χ1n) is 10.0. The van der Waals surface area contributed by atoms with Gasteiger partial charge in [0, 0.05) is 24.5 Å². The summed E-state index contributed by atoms with van der Waals surface area (Å²) >= 11 is 0. The van der Waals surface area contributed by atoms with Crippen molar-refractivity contribution >= 4 is 17.9 Å². The zero-order chi connectivity index (χ0) is 22.0. The minimum atomic E-state index is -1.65. The van der Waals surface area contributed by atoms with Crippen LogP contribution in [0.1, 0.15) is 34.1 Å². The van der Waals surface area contributed by atoms with Gasteiger partial charge >= 0.3 is 17.9 Å². The Hall–Kier alpha value is -2.45. The predicted octanol–water partition coefficient (Wildman–Crippen LogP) is 1.37. The van der Waals surface area contributed by atoms with E-state index in [0.717, 1.165) is 0 Å². The van der Waals surface area contributed by atoms with Crippen LogP contribution in [0, 0.1) is 11.8 Å². The van der Waals surface area contributed by atoms with E-state index in [2.05, 4.69) is 6.58 Å². The molecule has 0 aromatic heterocycles. The van der Waals surface area contributed by atoms with Crippen molar-refractivity contribution < 1.29 is 38.4 Å². The minimum absolute atomic E-state index is 0.143. The second kappa shape index (κ2) is 6.78. The van der Waals surface area contributed by atoms with Gasteiger partial charge in [-0.3, -0.25) is 4.79 Å². The molecule has 2 heterocycles. The van der Waals surface area contributed by atoms with Gasteiger partial charge < -0.3 is 24.1 Å². The van der Waals surface area contributed by atoms with E-state index in [-0.39, 0.29) is 12.0 Å². The van der Waals surface area contributed by atoms with E-state index in [1.54, 1.807) is 32.9 Å². The Morgan fingerprint density at radius 1 is 1.33 bits per heavy atom. The highest BCUT2D eigenvalue weighted by molar-refractivity contribution is 5.92. The van der Waals surface area contributed by atoms with Crippen molar-refractivity contribution in [3.63, 3.8) is 0 Å². The molecule has 0 aromatic rings. The van der Waals surface area contributed by atoms with Gasteiger partial charge in [-0.2, -0.15) is 0 Å². The maximum atomic E-state index is 12.5. The fourth-order valence-electron chi connectivity index (χ4n) is 5.18. The van der Waals surface area contributed by atoms with Crippen LogP contribution in [0.2, 0.25) is 0 Å². The van der Waals surface area contributed by atoms with E-state index >= 15 is 0 Å². The largest absolute Gasteiger partial charge is 0.458 e. The van der Waals surface area contributed by atoms with Crippen molar-refractivity contribution in [1.82, 2.24) is 0 Å². The Labute approximate surface area is 174 Å². The summed E-state index contributed by atoms with van der Waals surface area (Å²) in [6, 6.07) is 0. The number of fused-ring (bicyclic) bond motifs is 4. The van der Waals surface area contributed by atoms with Crippen molar-refractivity contribution in [2.75, 3.05) is 6.61 Å². The van der Waals surface area contributed by atoms with Crippen molar-refractivity contribution in [3.8, 4) is 0 Å². The molecule has 2 aliphatic heterocycles. The molecule has 2 aliphatic carbocycles. The summed E-state index contributed by atoms with van der Waals surface area (Å²) in [5.41, 5.74) is -1.44. The van der Waals surface area contributed by atoms with E-state index < -0.39 is 59.3 Å². The summed E-state index contributed by atoms with van der Waals surface area (Å²) in [6.45, 7) is 10.5. The van der Waals surface area contributed by atoms with Crippen LogP contribution in [-0.2, 0) is 33.3 Å². The lowest BCUT2D eigenvalue weighted by molar-refractivity contribution is -0.169. The first-order valence-corrected chi connectivity index (χ1v) is 10.0. The quantitative estimate of drug-likeness (QED) is 0.241. The van der Waals surface area contributed by atoms with Crippen molar-refractivity contribution in [2.24, 2.45) is 11.8 Å². The Morgan fingerprint density at radius 3 is 2.57 bits per heavy atom. The lowest BCUT2D eigenvalue weighted by Crippen LogP contribution is -2.56. The van der Waals surface area contributed by atoms with Crippen LogP contribution in [0.25, 0.3) is 0 Å². The topological polar surface area (TPSA) is 112 Å². The molecule has 2 saturated heterocycles. The van der Waals surface area contributed by atoms with Crippen LogP contribution in [-0.4, -0.2) is 59.1 Å². The molecule has 162 valence electrons. The predicted molar refractivity (Wildman–Crippen MR) is 103 cm³/mol. The standard InChI is InChI=1S/C22H26O8/c1-6-10(2)19(24)29-15-8-21(9-27-21)17-14(28-13(5)23)7-11(3)22(17,26)18-16(15)12(4)20(25)30-18/h6-7,14-18,26H,4,8-9H2,1-3,5H3/b10-6+/t14-,15-,16-,17+,18?,21+,22-/m0/s1. The van der Waals surface area contributed by atoms with Gasteiger partial charge in [0.1, 0.15) is 29.5 Å². The van der Waals surface area contributed by atoms with Crippen molar-refractivity contribution in [2.45, 2.75) is 63.6 Å². The normalized spacial score (nSPS) is 42.1. The summed E-state index contributed by atoms with van der Waals surface area (Å²) < 4.78 is 22.7. The zero-order valence-corrected chi connectivity index (χ0v) is 17.5. The molecule has 0 radical (unpaired) electrons. The third-order valence-electron chi connectivity index (χ3n) is 6.85. The summed E-state index contributed by atoms with van der Waals surface area (Å²) in [7, 11) is 0. The third kappa shape index (κ3) is 2.85. The number of carbonyl (C=O) groups is 3. The lowest BCUT2D eigenvalue weighted by Gasteiger charge is -2.39. The number of ether oxygens (including phenoxy) is 4. The third-order valence-corrected chi connectivity index (χ3v) is 6.85. The highest BCUT2D eigenvalue weighted by Gasteiger charge is 2.74. The SMILES string of the molecule is C=C1C(=O)OC2[C@@H]1[C@@H](OC(=O)/C(C)=C/C)C[C@@]1(CO1)[C@H]1[C@@H](OC(C)=O)C=C(C)[C@@]21O. The molecular formula is C22H26O8. The van der Waals surface area contributed by atoms with Gasteiger partial charge in [0.2, 0.25) is 0 Å². The van der Waals surface area contributed by atoms with E-state index in [4.69, 9.17) is 18.9 Å². The van der Waals surface area contributed by atoms with E-state index in [9.17, 15) is 19.5 Å². The summed E-state index contributed by atoms with van der Waals surface area (Å²) in [6.07, 6.45) is 0.952. The van der Waals surface area contributed by atoms with Gasteiger partial charge in [0.25, 0.3) is 0 Å². The number of rotatable bonds is 3. The monoisotopic (exact) mass is 418 g/mol. The number of carbonyl (C=O) groups excluding carboxylic acids is 3. The molecule has 1 N–H and O–H groups in total. The highest BCUT2D eigenvalue weighted by Crippen LogP contribution is 2.60. The van der Waals surface area contributed by atoms with Gasteiger partial charge in [-0.1, -0.05) is 12.7 Å². The molecule has 0 bridgehead atoms. The van der Waals surface area contributed by atoms with E-state index in [1.165, 1.54) is 6.92 Å². The van der Waals surface area contributed by atoms with Crippen LogP contribution < -0.4 is 0 Å². The molecular weight excluding hydrogens is 392 g/mol. The van der Waals surface area contributed by atoms with Gasteiger partial charge in [-0.25, -0.2) is 9.59 Å². The average Bonchev–Trinajstić information content (AvgIpc) is 3.31. The number of hydrogen-bond acceptors (Lipinski definition) is 8. The zero-order valence-electron chi connectivity index (χ0n) is 17.5. The fourth-order valence-corrected chi connectivity index (χ4v) is 5.18. The summed E-state index contributed by atoms with van der Waals surface area (Å²) in [5.74, 6) is -3.11. The lowest BCUT2D eigenvalue weighted by atomic mass is 9.73. The second-order valence-corrected chi connectivity index (χ2v) is 8.58. The van der Waals surface area contributed by atoms with Crippen LogP contribution in [0.5, 0.6) is 0 Å². The number of allylic oxidation sites excluding steroid dienone is 1. The maximum Gasteiger partial charge on any atom is 0.334 e. The molecule has 30 heavy (non-hydrogen) atoms. The minimum Gasteiger partial charge on any atom is -0.458 e. The van der Waals surface area contributed by atoms with Crippen LogP contribution in [0.4, 0.5) is 0 Å². The Balaban J connectivity index is 1.80. The molecule has 8 nitrogen and oxygen atoms in total. The molecule has 1 spiro atoms. The number of epoxide rings is 1. The Kier molecular flexibility index (Phi) is 4.70. The van der Waals surface area contributed by atoms with Crippen LogP contribution in [0.3, 0.4) is 0 Å². The van der Waals surface area contributed by atoms with Crippen molar-refractivity contribution in [3.05, 3.63) is 35.5 Å². The smallest absolute Gasteiger partial charge is 0.334 e. The highest BCUT2D eigenvalue weighted by atomic mass is 16.6. The van der Waals surface area contributed by atoms with Crippen molar-refractivity contribution in [1.29, 1.82) is 0 Å². The van der Waals surface area contributed by atoms with Gasteiger partial charge in [0.15, 0.2) is 0 Å². The summed E-state index contributed by atoms with van der Waals surface area (Å²) in [4.78, 5) is 36.7. The molecule has 0 aromatic carbocycles. The number of esters is 3. The van der Waals surface area contributed by atoms with Gasteiger partial charge in [-0.05, 0) is 32.4 Å². The molecule has 4 rings (SSSR count). The fraction of sp³-hybridized carbons (Fsp3) is 0.591. The maximum absolute atomic E-state index is 12.5. The Morgan fingerprint density at radius 2 is 2.00 bits per heavy atom. The van der Waals surface area contributed by atoms with Crippen LogP contribution in [0.15, 0.2) is 35.5 Å². The molecule has 1 unspecified atom stereocenters. The first-order chi connectivity index (χ1) is 14.0. The molecule has 0 amide bonds. The van der Waals surface area contributed by atoms with E-state index in [1.807, 2.05) is 0 Å². The molecule has 7 atom stereocenters. The average molecular weight is 418 g/mol. The molecule has 3 fully saturated rings. The number of aliphatic hydroxyl groups is 1. The molecule has 4 aliphatic rings. The molecule has 8 heteroatoms. The van der Waals surface area contributed by atoms with Gasteiger partial charge in [0.05, 0.1) is 18.4 Å². The molecule has 1 saturated carbocycles. The van der Waals surface area contributed by atoms with Crippen LogP contribution >= 0.6 is 0 Å².